The third-order valence-electron chi connectivity index (χ3n) is 14.4. The first-order valence-corrected chi connectivity index (χ1v) is 23.4. The van der Waals surface area contributed by atoms with Gasteiger partial charge in [0.05, 0.1) is 22.1 Å². The monoisotopic (exact) mass is 866 g/mol. The van der Waals surface area contributed by atoms with Gasteiger partial charge in [0.25, 0.3) is 0 Å². The van der Waals surface area contributed by atoms with Crippen molar-refractivity contribution in [3.05, 3.63) is 277 Å². The molecule has 0 N–H and O–H groups in total. The van der Waals surface area contributed by atoms with E-state index in [9.17, 15) is 0 Å². The van der Waals surface area contributed by atoms with Crippen molar-refractivity contribution in [1.29, 1.82) is 0 Å². The van der Waals surface area contributed by atoms with E-state index in [0.29, 0.717) is 0 Å². The number of fused-ring (bicyclic) bond motifs is 11. The smallest absolute Gasteiger partial charge is 0.132 e. The van der Waals surface area contributed by atoms with E-state index in [0.717, 1.165) is 73.1 Å². The van der Waals surface area contributed by atoms with Crippen molar-refractivity contribution in [3.63, 3.8) is 0 Å². The molecule has 68 heavy (non-hydrogen) atoms. The highest BCUT2D eigenvalue weighted by atomic mass is 16.5. The van der Waals surface area contributed by atoms with Gasteiger partial charge >= 0.3 is 0 Å². The minimum absolute atomic E-state index is 0.704. The summed E-state index contributed by atoms with van der Waals surface area (Å²) in [6.45, 7) is 0. The van der Waals surface area contributed by atoms with Crippen LogP contribution in [0.2, 0.25) is 0 Å². The van der Waals surface area contributed by atoms with Crippen LogP contribution in [-0.2, 0) is 5.41 Å². The molecule has 1 aromatic heterocycles. The van der Waals surface area contributed by atoms with Crippen LogP contribution in [0, 0.1) is 0 Å². The summed E-state index contributed by atoms with van der Waals surface area (Å²) in [4.78, 5) is 2.53. The molecule has 3 nitrogen and oxygen atoms in total. The zero-order chi connectivity index (χ0) is 44.8. The highest BCUT2D eigenvalue weighted by molar-refractivity contribution is 6.12. The van der Waals surface area contributed by atoms with Gasteiger partial charge in [0.2, 0.25) is 0 Å². The molecule has 2 aliphatic rings. The zero-order valence-corrected chi connectivity index (χ0v) is 37.1. The average Bonchev–Trinajstić information content (AvgIpc) is 3.74. The summed E-state index contributed by atoms with van der Waals surface area (Å²) in [6, 6.07) is 93.2. The highest BCUT2D eigenvalue weighted by Gasteiger charge is 2.49. The molecule has 0 radical (unpaired) electrons. The third-order valence-corrected chi connectivity index (χ3v) is 14.4. The van der Waals surface area contributed by atoms with Crippen LogP contribution in [0.15, 0.2) is 255 Å². The number of para-hydroxylation sites is 5. The van der Waals surface area contributed by atoms with E-state index < -0.39 is 5.41 Å². The summed E-state index contributed by atoms with van der Waals surface area (Å²) >= 11 is 0. The number of benzene rings is 11. The Morgan fingerprint density at radius 1 is 0.353 bits per heavy atom. The predicted octanol–water partition coefficient (Wildman–Crippen LogP) is 17.2. The number of hydrogen-bond donors (Lipinski definition) is 0. The Labute approximate surface area is 395 Å². The van der Waals surface area contributed by atoms with Gasteiger partial charge < -0.3 is 14.2 Å². The van der Waals surface area contributed by atoms with Crippen molar-refractivity contribution in [2.24, 2.45) is 0 Å². The van der Waals surface area contributed by atoms with E-state index in [1.807, 2.05) is 0 Å². The molecule has 318 valence electrons. The molecular formula is C65H42N2O. The predicted molar refractivity (Wildman–Crippen MR) is 281 cm³/mol. The molecule has 14 rings (SSSR count). The maximum absolute atomic E-state index is 6.85. The largest absolute Gasteiger partial charge is 0.457 e. The molecule has 0 unspecified atom stereocenters. The van der Waals surface area contributed by atoms with Crippen molar-refractivity contribution in [1.82, 2.24) is 4.57 Å². The number of rotatable bonds is 6. The molecule has 0 amide bonds. The van der Waals surface area contributed by atoms with Crippen LogP contribution in [-0.4, -0.2) is 4.57 Å². The van der Waals surface area contributed by atoms with Gasteiger partial charge in [-0.25, -0.2) is 0 Å². The summed E-state index contributed by atoms with van der Waals surface area (Å²) in [5.74, 6) is 1.74. The zero-order valence-electron chi connectivity index (χ0n) is 37.1. The fourth-order valence-electron chi connectivity index (χ4n) is 11.7. The first-order valence-electron chi connectivity index (χ1n) is 23.4. The second-order valence-corrected chi connectivity index (χ2v) is 17.9. The Kier molecular flexibility index (Phi) is 8.50. The van der Waals surface area contributed by atoms with Crippen LogP contribution in [0.5, 0.6) is 11.5 Å². The van der Waals surface area contributed by atoms with Crippen molar-refractivity contribution in [3.8, 4) is 50.6 Å². The lowest BCUT2D eigenvalue weighted by Crippen LogP contribution is -2.36. The summed E-state index contributed by atoms with van der Waals surface area (Å²) in [7, 11) is 0. The molecule has 0 fully saturated rings. The Morgan fingerprint density at radius 2 is 0.882 bits per heavy atom. The third kappa shape index (κ3) is 5.54. The highest BCUT2D eigenvalue weighted by Crippen LogP contribution is 2.62. The van der Waals surface area contributed by atoms with Crippen molar-refractivity contribution in [2.45, 2.75) is 5.41 Å². The quantitative estimate of drug-likeness (QED) is 0.166. The Hall–Kier alpha value is -8.92. The molecule has 0 saturated heterocycles. The maximum atomic E-state index is 6.85. The van der Waals surface area contributed by atoms with Gasteiger partial charge in [-0.15, -0.1) is 0 Å². The fraction of sp³-hybridized carbons (Fsp3) is 0.0154. The lowest BCUT2D eigenvalue weighted by atomic mass is 9.58. The number of anilines is 3. The van der Waals surface area contributed by atoms with E-state index in [1.165, 1.54) is 49.3 Å². The van der Waals surface area contributed by atoms with Gasteiger partial charge in [0.15, 0.2) is 0 Å². The number of ether oxygens (including phenoxy) is 1. The summed E-state index contributed by atoms with van der Waals surface area (Å²) in [5.41, 5.74) is 17.8. The molecule has 12 aromatic rings. The first kappa shape index (κ1) is 38.4. The van der Waals surface area contributed by atoms with Crippen molar-refractivity contribution >= 4 is 49.6 Å². The minimum atomic E-state index is -0.704. The molecule has 3 heteroatoms. The standard InChI is InChI=1S/C65H42N2O/c1-4-19-43(20-5-1)49-28-18-29-50(44-21-6-2-7-22-44)64(49)66(47-38-40-60-54(41-47)52-27-10-13-34-59(52)67(60)46-25-8-3-9-26-46)48-37-39-51-53-30-16-23-45-24-17-33-57(63(45)53)65(58(51)42-48)55-31-11-14-35-61(55)68-62-36-15-12-32-56(62)65/h1-42H. The summed E-state index contributed by atoms with van der Waals surface area (Å²) in [5, 5.41) is 4.90. The number of hydrogen-bond acceptors (Lipinski definition) is 2. The van der Waals surface area contributed by atoms with Gasteiger partial charge in [-0.2, -0.15) is 0 Å². The Morgan fingerprint density at radius 3 is 1.59 bits per heavy atom. The normalized spacial score (nSPS) is 12.9. The van der Waals surface area contributed by atoms with Crippen LogP contribution < -0.4 is 9.64 Å². The van der Waals surface area contributed by atoms with Crippen molar-refractivity contribution in [2.75, 3.05) is 4.90 Å². The molecule has 1 aliphatic carbocycles. The molecule has 1 spiro atoms. The van der Waals surface area contributed by atoms with E-state index in [4.69, 9.17) is 4.74 Å². The molecule has 1 aliphatic heterocycles. The average molecular weight is 867 g/mol. The van der Waals surface area contributed by atoms with E-state index in [-0.39, 0.29) is 0 Å². The summed E-state index contributed by atoms with van der Waals surface area (Å²) in [6.07, 6.45) is 0. The summed E-state index contributed by atoms with van der Waals surface area (Å²) < 4.78 is 9.24. The van der Waals surface area contributed by atoms with Gasteiger partial charge in [0.1, 0.15) is 11.5 Å². The number of aromatic nitrogens is 1. The fourth-order valence-corrected chi connectivity index (χ4v) is 11.7. The van der Waals surface area contributed by atoms with E-state index in [1.54, 1.807) is 0 Å². The topological polar surface area (TPSA) is 17.4 Å². The van der Waals surface area contributed by atoms with Crippen molar-refractivity contribution < 1.29 is 4.74 Å². The molecule has 0 saturated carbocycles. The first-order chi connectivity index (χ1) is 33.8. The van der Waals surface area contributed by atoms with Crippen LogP contribution in [0.4, 0.5) is 17.1 Å². The molecular weight excluding hydrogens is 825 g/mol. The molecule has 11 aromatic carbocycles. The van der Waals surface area contributed by atoms with E-state index in [2.05, 4.69) is 264 Å². The van der Waals surface area contributed by atoms with Crippen LogP contribution in [0.3, 0.4) is 0 Å². The lowest BCUT2D eigenvalue weighted by Gasteiger charge is -2.45. The van der Waals surface area contributed by atoms with Gasteiger partial charge in [0, 0.05) is 50.1 Å². The molecule has 2 heterocycles. The minimum Gasteiger partial charge on any atom is -0.457 e. The Balaban J connectivity index is 1.12. The van der Waals surface area contributed by atoms with Crippen LogP contribution >= 0.6 is 0 Å². The molecule has 0 atom stereocenters. The number of nitrogens with zero attached hydrogens (tertiary/aromatic N) is 2. The second-order valence-electron chi connectivity index (χ2n) is 17.9. The second kappa shape index (κ2) is 15.1. The maximum Gasteiger partial charge on any atom is 0.132 e. The van der Waals surface area contributed by atoms with E-state index >= 15 is 0 Å². The molecule has 0 bridgehead atoms. The van der Waals surface area contributed by atoms with Crippen LogP contribution in [0.1, 0.15) is 22.3 Å². The van der Waals surface area contributed by atoms with Gasteiger partial charge in [-0.3, -0.25) is 0 Å². The van der Waals surface area contributed by atoms with Gasteiger partial charge in [-0.05, 0) is 105 Å². The Bertz CT molecular complexity index is 3840. The SMILES string of the molecule is c1ccc(-c2cccc(-c3ccccc3)c2N(c2ccc3c(c2)C2(c4ccccc4Oc4ccccc42)c2cccc4cccc-3c24)c2ccc3c(c2)c2ccccc2n3-c2ccccc2)cc1. The van der Waals surface area contributed by atoms with Crippen LogP contribution in [0.25, 0.3) is 71.6 Å². The van der Waals surface area contributed by atoms with Gasteiger partial charge in [-0.1, -0.05) is 194 Å². The lowest BCUT2D eigenvalue weighted by molar-refractivity contribution is 0.435.